The molecule has 1 aliphatic carbocycles. The molecule has 0 heterocycles. The summed E-state index contributed by atoms with van der Waals surface area (Å²) in [4.78, 5) is 0. The maximum absolute atomic E-state index is 10.0. The van der Waals surface area contributed by atoms with Crippen LogP contribution >= 0.6 is 0 Å². The van der Waals surface area contributed by atoms with Crippen molar-refractivity contribution in [1.29, 1.82) is 0 Å². The minimum absolute atomic E-state index is 0.272. The largest absolute Gasteiger partial charge is 0.508 e. The first kappa shape index (κ1) is 18.7. The lowest BCUT2D eigenvalue weighted by molar-refractivity contribution is 0.415. The SMILES string of the molecule is COc1ccc2cc(C3(c4ccc(O)cc4)c4ccccc4-c4ccccc43)ccc2c1. The van der Waals surface area contributed by atoms with E-state index in [2.05, 4.69) is 78.9 Å². The number of phenolic OH excluding ortho intramolecular Hbond substituents is 1. The van der Waals surface area contributed by atoms with E-state index < -0.39 is 5.41 Å². The molecule has 1 aliphatic rings. The van der Waals surface area contributed by atoms with Gasteiger partial charge in [-0.25, -0.2) is 0 Å². The Balaban J connectivity index is 1.73. The van der Waals surface area contributed by atoms with Crippen LogP contribution < -0.4 is 4.74 Å². The number of phenols is 1. The number of benzene rings is 5. The third-order valence-electron chi connectivity index (χ3n) is 6.73. The van der Waals surface area contributed by atoms with Crippen molar-refractivity contribution in [2.75, 3.05) is 7.11 Å². The Kier molecular flexibility index (Phi) is 4.09. The standard InChI is InChI=1S/C30H22O2/c1-32-25-17-11-20-18-23(12-10-21(20)19-25)30(22-13-15-24(31)16-14-22)28-8-4-2-6-26(28)27-7-3-5-9-29(27)30/h2-19,31H,1H3. The highest BCUT2D eigenvalue weighted by atomic mass is 16.5. The van der Waals surface area contributed by atoms with Gasteiger partial charge in [-0.3, -0.25) is 0 Å². The van der Waals surface area contributed by atoms with E-state index in [0.717, 1.165) is 16.7 Å². The second kappa shape index (κ2) is 7.00. The molecule has 2 heteroatoms. The number of aromatic hydroxyl groups is 1. The molecule has 0 radical (unpaired) electrons. The number of rotatable bonds is 3. The summed E-state index contributed by atoms with van der Waals surface area (Å²) in [5, 5.41) is 12.3. The van der Waals surface area contributed by atoms with Crippen LogP contribution in [0.15, 0.2) is 109 Å². The molecule has 154 valence electrons. The summed E-state index contributed by atoms with van der Waals surface area (Å²) >= 11 is 0. The molecule has 0 saturated carbocycles. The van der Waals surface area contributed by atoms with E-state index in [1.165, 1.54) is 33.2 Å². The molecular formula is C30H22O2. The van der Waals surface area contributed by atoms with Crippen LogP contribution in [0.2, 0.25) is 0 Å². The van der Waals surface area contributed by atoms with Crippen LogP contribution in [0.25, 0.3) is 21.9 Å². The van der Waals surface area contributed by atoms with E-state index in [0.29, 0.717) is 0 Å². The van der Waals surface area contributed by atoms with Gasteiger partial charge in [0.05, 0.1) is 12.5 Å². The number of ether oxygens (including phenoxy) is 1. The van der Waals surface area contributed by atoms with Crippen molar-refractivity contribution in [1.82, 2.24) is 0 Å². The molecule has 0 saturated heterocycles. The topological polar surface area (TPSA) is 29.5 Å². The normalized spacial score (nSPS) is 13.5. The van der Waals surface area contributed by atoms with Crippen LogP contribution in [0.3, 0.4) is 0 Å². The highest BCUT2D eigenvalue weighted by Crippen LogP contribution is 2.56. The minimum atomic E-state index is -0.463. The third-order valence-corrected chi connectivity index (χ3v) is 6.73. The van der Waals surface area contributed by atoms with Gasteiger partial charge in [0.1, 0.15) is 11.5 Å². The fourth-order valence-electron chi connectivity index (χ4n) is 5.32. The summed E-state index contributed by atoms with van der Waals surface area (Å²) in [7, 11) is 1.70. The lowest BCUT2D eigenvalue weighted by Crippen LogP contribution is -2.28. The maximum Gasteiger partial charge on any atom is 0.119 e. The zero-order chi connectivity index (χ0) is 21.7. The smallest absolute Gasteiger partial charge is 0.119 e. The zero-order valence-electron chi connectivity index (χ0n) is 17.7. The first-order chi connectivity index (χ1) is 15.7. The van der Waals surface area contributed by atoms with E-state index >= 15 is 0 Å². The van der Waals surface area contributed by atoms with Gasteiger partial charge in [-0.2, -0.15) is 0 Å². The second-order valence-corrected chi connectivity index (χ2v) is 8.32. The average Bonchev–Trinajstić information content (AvgIpc) is 3.15. The van der Waals surface area contributed by atoms with Crippen LogP contribution in [0.5, 0.6) is 11.5 Å². The number of hydrogen-bond acceptors (Lipinski definition) is 2. The molecular weight excluding hydrogens is 392 g/mol. The van der Waals surface area contributed by atoms with Crippen molar-refractivity contribution in [3.8, 4) is 22.6 Å². The molecule has 0 amide bonds. The summed E-state index contributed by atoms with van der Waals surface area (Å²) in [6.45, 7) is 0. The number of fused-ring (bicyclic) bond motifs is 4. The number of methoxy groups -OCH3 is 1. The molecule has 1 N–H and O–H groups in total. The molecule has 0 aliphatic heterocycles. The Morgan fingerprint density at radius 1 is 0.594 bits per heavy atom. The maximum atomic E-state index is 10.0. The summed E-state index contributed by atoms with van der Waals surface area (Å²) in [5.41, 5.74) is 6.92. The monoisotopic (exact) mass is 414 g/mol. The molecule has 0 bridgehead atoms. The minimum Gasteiger partial charge on any atom is -0.508 e. The van der Waals surface area contributed by atoms with Crippen molar-refractivity contribution in [3.63, 3.8) is 0 Å². The summed E-state index contributed by atoms with van der Waals surface area (Å²) < 4.78 is 5.42. The summed E-state index contributed by atoms with van der Waals surface area (Å²) in [6, 6.07) is 37.9. The molecule has 5 aromatic rings. The van der Waals surface area contributed by atoms with Gasteiger partial charge >= 0.3 is 0 Å². The van der Waals surface area contributed by atoms with Gasteiger partial charge in [0.15, 0.2) is 0 Å². The van der Waals surface area contributed by atoms with E-state index in [9.17, 15) is 5.11 Å². The molecule has 32 heavy (non-hydrogen) atoms. The quantitative estimate of drug-likeness (QED) is 0.341. The van der Waals surface area contributed by atoms with Gasteiger partial charge in [0, 0.05) is 0 Å². The van der Waals surface area contributed by atoms with Crippen molar-refractivity contribution >= 4 is 10.8 Å². The first-order valence-corrected chi connectivity index (χ1v) is 10.8. The fraction of sp³-hybridized carbons (Fsp3) is 0.0667. The molecule has 0 fully saturated rings. The highest BCUT2D eigenvalue weighted by molar-refractivity contribution is 5.90. The van der Waals surface area contributed by atoms with E-state index in [1.807, 2.05) is 18.2 Å². The first-order valence-electron chi connectivity index (χ1n) is 10.8. The highest BCUT2D eigenvalue weighted by Gasteiger charge is 2.45. The Morgan fingerprint density at radius 3 is 1.81 bits per heavy atom. The van der Waals surface area contributed by atoms with Gasteiger partial charge < -0.3 is 9.84 Å². The fourth-order valence-corrected chi connectivity index (χ4v) is 5.32. The zero-order valence-corrected chi connectivity index (χ0v) is 17.7. The number of hydrogen-bond donors (Lipinski definition) is 1. The average molecular weight is 415 g/mol. The van der Waals surface area contributed by atoms with Gasteiger partial charge in [0.2, 0.25) is 0 Å². The van der Waals surface area contributed by atoms with Crippen LogP contribution in [-0.4, -0.2) is 12.2 Å². The van der Waals surface area contributed by atoms with Crippen molar-refractivity contribution < 1.29 is 9.84 Å². The molecule has 0 spiro atoms. The summed E-state index contributed by atoms with van der Waals surface area (Å²) in [6.07, 6.45) is 0. The molecule has 6 rings (SSSR count). The summed E-state index contributed by atoms with van der Waals surface area (Å²) in [5.74, 6) is 1.13. The van der Waals surface area contributed by atoms with Crippen LogP contribution in [0.4, 0.5) is 0 Å². The Morgan fingerprint density at radius 2 is 1.16 bits per heavy atom. The van der Waals surface area contributed by atoms with Crippen molar-refractivity contribution in [2.45, 2.75) is 5.41 Å². The van der Waals surface area contributed by atoms with Gasteiger partial charge in [0.25, 0.3) is 0 Å². The van der Waals surface area contributed by atoms with Gasteiger partial charge in [-0.15, -0.1) is 0 Å². The van der Waals surface area contributed by atoms with Gasteiger partial charge in [-0.05, 0) is 74.5 Å². The Hall–Kier alpha value is -4.04. The van der Waals surface area contributed by atoms with Crippen LogP contribution in [0, 0.1) is 0 Å². The van der Waals surface area contributed by atoms with E-state index in [1.54, 1.807) is 19.2 Å². The molecule has 5 aromatic carbocycles. The van der Waals surface area contributed by atoms with E-state index in [-0.39, 0.29) is 5.75 Å². The molecule has 0 atom stereocenters. The molecule has 2 nitrogen and oxygen atoms in total. The predicted octanol–water partition coefficient (Wildman–Crippen LogP) is 6.92. The third kappa shape index (κ3) is 2.53. The lowest BCUT2D eigenvalue weighted by atomic mass is 9.67. The molecule has 0 aromatic heterocycles. The van der Waals surface area contributed by atoms with Crippen molar-refractivity contribution in [3.05, 3.63) is 131 Å². The molecule has 0 unspecified atom stereocenters. The lowest BCUT2D eigenvalue weighted by Gasteiger charge is -2.34. The predicted molar refractivity (Wildman–Crippen MR) is 129 cm³/mol. The Labute approximate surface area is 187 Å². The Bertz CT molecular complexity index is 1420. The van der Waals surface area contributed by atoms with Crippen LogP contribution in [-0.2, 0) is 5.41 Å². The van der Waals surface area contributed by atoms with Gasteiger partial charge in [-0.1, -0.05) is 78.9 Å². The van der Waals surface area contributed by atoms with E-state index in [4.69, 9.17) is 4.74 Å². The van der Waals surface area contributed by atoms with Crippen LogP contribution in [0.1, 0.15) is 22.3 Å². The van der Waals surface area contributed by atoms with Crippen molar-refractivity contribution in [2.24, 2.45) is 0 Å². The second-order valence-electron chi connectivity index (χ2n) is 8.32.